The topological polar surface area (TPSA) is 83.6 Å². The van der Waals surface area contributed by atoms with Crippen LogP contribution in [-0.4, -0.2) is 33.4 Å². The molecule has 1 unspecified atom stereocenters. The number of aliphatic hydroxyl groups excluding tert-OH is 2. The maximum absolute atomic E-state index is 10.2. The van der Waals surface area contributed by atoms with E-state index in [1.165, 1.54) is 13.8 Å². The van der Waals surface area contributed by atoms with E-state index in [0.29, 0.717) is 0 Å². The van der Waals surface area contributed by atoms with Crippen LogP contribution in [0.3, 0.4) is 0 Å². The van der Waals surface area contributed by atoms with E-state index < -0.39 is 23.2 Å². The van der Waals surface area contributed by atoms with Gasteiger partial charge in [-0.3, -0.25) is 10.1 Å². The molecule has 0 spiro atoms. The quantitative estimate of drug-likeness (QED) is 0.414. The maximum Gasteiger partial charge on any atom is 0.244 e. The lowest BCUT2D eigenvalue weighted by atomic mass is 9.99. The highest BCUT2D eigenvalue weighted by Crippen LogP contribution is 2.12. The zero-order chi connectivity index (χ0) is 8.36. The molecule has 5 nitrogen and oxygen atoms in total. The third-order valence-corrected chi connectivity index (χ3v) is 1.46. The second-order valence-electron chi connectivity index (χ2n) is 2.61. The average molecular weight is 149 g/mol. The van der Waals surface area contributed by atoms with Gasteiger partial charge < -0.3 is 10.2 Å². The summed E-state index contributed by atoms with van der Waals surface area (Å²) in [5, 5.41) is 27.4. The van der Waals surface area contributed by atoms with Crippen molar-refractivity contribution in [3.63, 3.8) is 0 Å². The maximum atomic E-state index is 10.2. The molecule has 2 N–H and O–H groups in total. The normalized spacial score (nSPS) is 14.8. The Kier molecular flexibility index (Phi) is 2.74. The van der Waals surface area contributed by atoms with Crippen LogP contribution in [0, 0.1) is 10.1 Å². The fourth-order valence-electron chi connectivity index (χ4n) is 0.345. The van der Waals surface area contributed by atoms with Gasteiger partial charge in [-0.25, -0.2) is 0 Å². The van der Waals surface area contributed by atoms with Gasteiger partial charge in [0.25, 0.3) is 0 Å². The predicted octanol–water partition coefficient (Wildman–Crippen LogP) is -0.605. The molecule has 0 aromatic heterocycles. The molecule has 10 heavy (non-hydrogen) atoms. The van der Waals surface area contributed by atoms with Gasteiger partial charge in [0, 0.05) is 18.8 Å². The van der Waals surface area contributed by atoms with Crippen molar-refractivity contribution in [2.24, 2.45) is 0 Å². The first-order valence-corrected chi connectivity index (χ1v) is 2.86. The number of hydrogen-bond acceptors (Lipinski definition) is 4. The summed E-state index contributed by atoms with van der Waals surface area (Å²) in [5.74, 6) is 0. The number of rotatable bonds is 3. The zero-order valence-corrected chi connectivity index (χ0v) is 5.94. The van der Waals surface area contributed by atoms with Crippen molar-refractivity contribution in [3.8, 4) is 0 Å². The first-order chi connectivity index (χ1) is 4.42. The van der Waals surface area contributed by atoms with Gasteiger partial charge in [-0.1, -0.05) is 0 Å². The lowest BCUT2D eigenvalue weighted by Gasteiger charge is -2.19. The summed E-state index contributed by atoms with van der Waals surface area (Å²) in [7, 11) is 0. The summed E-state index contributed by atoms with van der Waals surface area (Å²) in [6.45, 7) is 1.93. The van der Waals surface area contributed by atoms with Crippen molar-refractivity contribution in [3.05, 3.63) is 10.1 Å². The smallest absolute Gasteiger partial charge is 0.244 e. The minimum Gasteiger partial charge on any atom is -0.393 e. The van der Waals surface area contributed by atoms with Crippen molar-refractivity contribution in [2.45, 2.75) is 25.5 Å². The molecule has 0 amide bonds. The standard InChI is InChI=1S/C5H11NO4/c1-5(2,6(9)10)4(8)3-7/h4,7-8H,3H2,1-2H3. The zero-order valence-electron chi connectivity index (χ0n) is 5.94. The van der Waals surface area contributed by atoms with Crippen LogP contribution in [0.2, 0.25) is 0 Å². The monoisotopic (exact) mass is 149 g/mol. The van der Waals surface area contributed by atoms with Gasteiger partial charge >= 0.3 is 0 Å². The van der Waals surface area contributed by atoms with Crippen LogP contribution in [-0.2, 0) is 0 Å². The molecule has 60 valence electrons. The number of nitrogens with zero attached hydrogens (tertiary/aromatic N) is 1. The van der Waals surface area contributed by atoms with Gasteiger partial charge in [-0.15, -0.1) is 0 Å². The Morgan fingerprint density at radius 3 is 2.20 bits per heavy atom. The lowest BCUT2D eigenvalue weighted by Crippen LogP contribution is -2.45. The summed E-state index contributed by atoms with van der Waals surface area (Å²) < 4.78 is 0. The van der Waals surface area contributed by atoms with Gasteiger partial charge in [0.1, 0.15) is 6.10 Å². The van der Waals surface area contributed by atoms with Crippen molar-refractivity contribution in [1.29, 1.82) is 0 Å². The summed E-state index contributed by atoms with van der Waals surface area (Å²) in [5.41, 5.74) is -1.46. The van der Waals surface area contributed by atoms with Gasteiger partial charge in [0.05, 0.1) is 6.61 Å². The summed E-state index contributed by atoms with van der Waals surface area (Å²) >= 11 is 0. The minimum atomic E-state index is -1.46. The molecule has 0 aliphatic carbocycles. The van der Waals surface area contributed by atoms with Crippen molar-refractivity contribution in [1.82, 2.24) is 0 Å². The molecule has 0 heterocycles. The minimum absolute atomic E-state index is 0.589. The van der Waals surface area contributed by atoms with Crippen molar-refractivity contribution >= 4 is 0 Å². The third-order valence-electron chi connectivity index (χ3n) is 1.46. The molecule has 0 aliphatic rings. The van der Waals surface area contributed by atoms with E-state index >= 15 is 0 Å². The van der Waals surface area contributed by atoms with Crippen LogP contribution in [0.25, 0.3) is 0 Å². The summed E-state index contributed by atoms with van der Waals surface area (Å²) in [6, 6.07) is 0. The Morgan fingerprint density at radius 1 is 1.70 bits per heavy atom. The summed E-state index contributed by atoms with van der Waals surface area (Å²) in [4.78, 5) is 9.54. The highest BCUT2D eigenvalue weighted by Gasteiger charge is 2.39. The first-order valence-electron chi connectivity index (χ1n) is 2.86. The first kappa shape index (κ1) is 9.32. The molecule has 0 fully saturated rings. The van der Waals surface area contributed by atoms with E-state index in [1.807, 2.05) is 0 Å². The molecule has 0 radical (unpaired) electrons. The van der Waals surface area contributed by atoms with E-state index in [1.54, 1.807) is 0 Å². The largest absolute Gasteiger partial charge is 0.393 e. The molecule has 0 aromatic carbocycles. The number of nitro groups is 1. The van der Waals surface area contributed by atoms with E-state index in [-0.39, 0.29) is 0 Å². The average Bonchev–Trinajstić information content (AvgIpc) is 1.86. The van der Waals surface area contributed by atoms with Crippen LogP contribution in [0.1, 0.15) is 13.8 Å². The predicted molar refractivity (Wildman–Crippen MR) is 34.2 cm³/mol. The molecule has 0 saturated carbocycles. The third kappa shape index (κ3) is 1.65. The van der Waals surface area contributed by atoms with Crippen molar-refractivity contribution < 1.29 is 15.1 Å². The van der Waals surface area contributed by atoms with Crippen LogP contribution in [0.5, 0.6) is 0 Å². The van der Waals surface area contributed by atoms with Gasteiger partial charge in [-0.05, 0) is 0 Å². The molecular weight excluding hydrogens is 138 g/mol. The number of aliphatic hydroxyl groups is 2. The van der Waals surface area contributed by atoms with Gasteiger partial charge in [0.2, 0.25) is 5.54 Å². The van der Waals surface area contributed by atoms with E-state index in [4.69, 9.17) is 10.2 Å². The van der Waals surface area contributed by atoms with Crippen LogP contribution < -0.4 is 0 Å². The summed E-state index contributed by atoms with van der Waals surface area (Å²) in [6.07, 6.45) is -1.30. The van der Waals surface area contributed by atoms with E-state index in [2.05, 4.69) is 0 Å². The molecule has 0 saturated heterocycles. The fraction of sp³-hybridized carbons (Fsp3) is 1.00. The second kappa shape index (κ2) is 2.94. The number of hydrogen-bond donors (Lipinski definition) is 2. The van der Waals surface area contributed by atoms with Crippen LogP contribution in [0.4, 0.5) is 0 Å². The highest BCUT2D eigenvalue weighted by atomic mass is 16.6. The highest BCUT2D eigenvalue weighted by molar-refractivity contribution is 4.76. The molecule has 0 rings (SSSR count). The Bertz CT molecular complexity index is 134. The Hall–Kier alpha value is -0.680. The van der Waals surface area contributed by atoms with E-state index in [9.17, 15) is 10.1 Å². The van der Waals surface area contributed by atoms with Crippen LogP contribution >= 0.6 is 0 Å². The molecule has 1 atom stereocenters. The Labute approximate surface area is 58.4 Å². The molecule has 5 heteroatoms. The SMILES string of the molecule is CC(C)(C(O)CO)[N+](=O)[O-]. The Balaban J connectivity index is 4.23. The fourth-order valence-corrected chi connectivity index (χ4v) is 0.345. The van der Waals surface area contributed by atoms with Crippen LogP contribution in [0.15, 0.2) is 0 Å². The Morgan fingerprint density at radius 2 is 2.10 bits per heavy atom. The molecule has 0 aromatic rings. The lowest BCUT2D eigenvalue weighted by molar-refractivity contribution is -0.573. The molecule has 0 aliphatic heterocycles. The van der Waals surface area contributed by atoms with E-state index in [0.717, 1.165) is 0 Å². The molecular formula is C5H11NO4. The van der Waals surface area contributed by atoms with Gasteiger partial charge in [-0.2, -0.15) is 0 Å². The van der Waals surface area contributed by atoms with Gasteiger partial charge in [0.15, 0.2) is 0 Å². The van der Waals surface area contributed by atoms with Crippen molar-refractivity contribution in [2.75, 3.05) is 6.61 Å². The molecule has 0 bridgehead atoms. The second-order valence-corrected chi connectivity index (χ2v) is 2.61.